The maximum atomic E-state index is 13.6. The Bertz CT molecular complexity index is 1730. The number of aliphatic hydroxyl groups is 1. The van der Waals surface area contributed by atoms with Crippen LogP contribution in [0, 0.1) is 0 Å². The van der Waals surface area contributed by atoms with Crippen LogP contribution in [0.4, 0.5) is 5.13 Å². The van der Waals surface area contributed by atoms with Crippen LogP contribution in [0.5, 0.6) is 17.2 Å². The van der Waals surface area contributed by atoms with Crippen LogP contribution in [0.25, 0.3) is 16.0 Å². The van der Waals surface area contributed by atoms with Crippen molar-refractivity contribution in [3.05, 3.63) is 120 Å². The van der Waals surface area contributed by atoms with E-state index in [-0.39, 0.29) is 11.3 Å². The summed E-state index contributed by atoms with van der Waals surface area (Å²) in [7, 11) is 1.58. The molecule has 1 unspecified atom stereocenters. The third-order valence-electron chi connectivity index (χ3n) is 6.43. The lowest BCUT2D eigenvalue weighted by Gasteiger charge is -2.23. The standard InChI is InChI=1S/C31H22N2O5S/c1-37-22-15-16-24-25(18-22)39-31(32-24)33-27(20-11-8-14-23(17-20)38-21-12-6-3-7-13-21)26(29(35)30(33)36)28(34)19-9-4-2-5-10-19/h2-18,27,34H,1H3. The van der Waals surface area contributed by atoms with Gasteiger partial charge in [-0.15, -0.1) is 0 Å². The second kappa shape index (κ2) is 10.1. The van der Waals surface area contributed by atoms with E-state index in [0.29, 0.717) is 39.0 Å². The number of hydrogen-bond donors (Lipinski definition) is 1. The largest absolute Gasteiger partial charge is 0.507 e. The summed E-state index contributed by atoms with van der Waals surface area (Å²) in [5, 5.41) is 11.7. The van der Waals surface area contributed by atoms with Gasteiger partial charge in [0.2, 0.25) is 0 Å². The lowest BCUT2D eigenvalue weighted by atomic mass is 9.95. The monoisotopic (exact) mass is 534 g/mol. The molecule has 1 amide bonds. The van der Waals surface area contributed by atoms with Gasteiger partial charge in [0.1, 0.15) is 23.0 Å². The van der Waals surface area contributed by atoms with E-state index >= 15 is 0 Å². The Morgan fingerprint density at radius 3 is 2.31 bits per heavy atom. The van der Waals surface area contributed by atoms with Gasteiger partial charge in [-0.1, -0.05) is 72.0 Å². The smallest absolute Gasteiger partial charge is 0.301 e. The summed E-state index contributed by atoms with van der Waals surface area (Å²) in [6.45, 7) is 0. The molecule has 8 heteroatoms. The minimum atomic E-state index is -0.924. The number of amides is 1. The molecular formula is C31H22N2O5S. The maximum absolute atomic E-state index is 13.6. The van der Waals surface area contributed by atoms with Crippen LogP contribution < -0.4 is 14.4 Å². The number of nitrogens with zero attached hydrogens (tertiary/aromatic N) is 2. The Hall–Kier alpha value is -4.95. The number of aromatic nitrogens is 1. The zero-order valence-corrected chi connectivity index (χ0v) is 21.6. The molecule has 1 aliphatic heterocycles. The predicted octanol–water partition coefficient (Wildman–Crippen LogP) is 6.72. The number of Topliss-reactive ketones (excluding diaryl/α,β-unsaturated/α-hetero) is 1. The summed E-state index contributed by atoms with van der Waals surface area (Å²) in [6, 6.07) is 29.7. The fraction of sp³-hybridized carbons (Fsp3) is 0.0645. The highest BCUT2D eigenvalue weighted by molar-refractivity contribution is 7.22. The van der Waals surface area contributed by atoms with Crippen molar-refractivity contribution in [2.45, 2.75) is 6.04 Å². The first-order chi connectivity index (χ1) is 19.0. The Balaban J connectivity index is 1.51. The number of carbonyl (C=O) groups excluding carboxylic acids is 2. The van der Waals surface area contributed by atoms with Crippen LogP contribution in [0.2, 0.25) is 0 Å². The van der Waals surface area contributed by atoms with E-state index < -0.39 is 17.7 Å². The van der Waals surface area contributed by atoms with Crippen molar-refractivity contribution in [1.29, 1.82) is 0 Å². The van der Waals surface area contributed by atoms with Crippen molar-refractivity contribution in [3.8, 4) is 17.2 Å². The van der Waals surface area contributed by atoms with Gasteiger partial charge in [-0.2, -0.15) is 0 Å². The first-order valence-electron chi connectivity index (χ1n) is 12.2. The SMILES string of the molecule is COc1ccc2nc(N3C(=O)C(=O)C(=C(O)c4ccccc4)C3c3cccc(Oc4ccccc4)c3)sc2c1. The number of benzene rings is 4. The Morgan fingerprint density at radius 1 is 0.846 bits per heavy atom. The van der Waals surface area contributed by atoms with Gasteiger partial charge in [-0.3, -0.25) is 14.5 Å². The molecule has 5 aromatic rings. The summed E-state index contributed by atoms with van der Waals surface area (Å²) < 4.78 is 12.2. The van der Waals surface area contributed by atoms with Crippen molar-refractivity contribution in [2.24, 2.45) is 0 Å². The highest BCUT2D eigenvalue weighted by Gasteiger charge is 2.48. The molecule has 1 atom stereocenters. The number of rotatable bonds is 6. The molecule has 0 bridgehead atoms. The highest BCUT2D eigenvalue weighted by Crippen LogP contribution is 2.45. The number of ketones is 1. The first kappa shape index (κ1) is 24.4. The summed E-state index contributed by atoms with van der Waals surface area (Å²) in [6.07, 6.45) is 0. The van der Waals surface area contributed by atoms with Gasteiger partial charge in [-0.25, -0.2) is 4.98 Å². The molecule has 0 spiro atoms. The molecule has 0 aliphatic carbocycles. The average Bonchev–Trinajstić information content (AvgIpc) is 3.51. The van der Waals surface area contributed by atoms with Gasteiger partial charge >= 0.3 is 5.91 Å². The Labute approximate surface area is 228 Å². The minimum Gasteiger partial charge on any atom is -0.507 e. The number of para-hydroxylation sites is 1. The minimum absolute atomic E-state index is 0.0140. The molecule has 1 aromatic heterocycles. The number of anilines is 1. The quantitative estimate of drug-likeness (QED) is 0.148. The van der Waals surface area contributed by atoms with Crippen molar-refractivity contribution in [2.75, 3.05) is 12.0 Å². The number of ether oxygens (including phenoxy) is 2. The number of aliphatic hydroxyl groups excluding tert-OH is 1. The van der Waals surface area contributed by atoms with Gasteiger partial charge in [0, 0.05) is 5.56 Å². The zero-order valence-electron chi connectivity index (χ0n) is 20.8. The van der Waals surface area contributed by atoms with Crippen LogP contribution in [0.1, 0.15) is 17.2 Å². The van der Waals surface area contributed by atoms with E-state index in [1.54, 1.807) is 67.8 Å². The fourth-order valence-electron chi connectivity index (χ4n) is 4.59. The van der Waals surface area contributed by atoms with Gasteiger partial charge in [-0.05, 0) is 48.0 Å². The van der Waals surface area contributed by atoms with Crippen LogP contribution >= 0.6 is 11.3 Å². The Morgan fingerprint density at radius 2 is 1.56 bits per heavy atom. The number of methoxy groups -OCH3 is 1. The average molecular weight is 535 g/mol. The molecular weight excluding hydrogens is 512 g/mol. The molecule has 192 valence electrons. The number of carbonyl (C=O) groups is 2. The van der Waals surface area contributed by atoms with E-state index in [0.717, 1.165) is 4.70 Å². The second-order valence-electron chi connectivity index (χ2n) is 8.85. The van der Waals surface area contributed by atoms with E-state index in [9.17, 15) is 14.7 Å². The molecule has 1 N–H and O–H groups in total. The lowest BCUT2D eigenvalue weighted by molar-refractivity contribution is -0.132. The van der Waals surface area contributed by atoms with E-state index in [4.69, 9.17) is 9.47 Å². The van der Waals surface area contributed by atoms with Crippen LogP contribution in [0.3, 0.4) is 0 Å². The number of thiazole rings is 1. The molecule has 39 heavy (non-hydrogen) atoms. The van der Waals surface area contributed by atoms with E-state index in [2.05, 4.69) is 4.98 Å². The van der Waals surface area contributed by atoms with Gasteiger partial charge in [0.05, 0.1) is 28.9 Å². The number of fused-ring (bicyclic) bond motifs is 1. The molecule has 1 saturated heterocycles. The maximum Gasteiger partial charge on any atom is 0.301 e. The molecule has 0 radical (unpaired) electrons. The van der Waals surface area contributed by atoms with Crippen molar-refractivity contribution >= 4 is 44.1 Å². The number of hydrogen-bond acceptors (Lipinski definition) is 7. The van der Waals surface area contributed by atoms with Crippen LogP contribution in [0.15, 0.2) is 109 Å². The molecule has 0 saturated carbocycles. The normalized spacial score (nSPS) is 16.5. The van der Waals surface area contributed by atoms with Gasteiger partial charge in [0.15, 0.2) is 5.13 Å². The molecule has 2 heterocycles. The summed E-state index contributed by atoms with van der Waals surface area (Å²) >= 11 is 1.27. The fourth-order valence-corrected chi connectivity index (χ4v) is 5.61. The molecule has 1 aliphatic rings. The second-order valence-corrected chi connectivity index (χ2v) is 9.86. The third-order valence-corrected chi connectivity index (χ3v) is 7.45. The van der Waals surface area contributed by atoms with Crippen molar-refractivity contribution in [3.63, 3.8) is 0 Å². The van der Waals surface area contributed by atoms with Gasteiger partial charge < -0.3 is 14.6 Å². The van der Waals surface area contributed by atoms with E-state index in [1.807, 2.05) is 42.5 Å². The summed E-state index contributed by atoms with van der Waals surface area (Å²) in [5.74, 6) is 0.0290. The van der Waals surface area contributed by atoms with E-state index in [1.165, 1.54) is 16.2 Å². The Kier molecular flexibility index (Phi) is 6.30. The van der Waals surface area contributed by atoms with Crippen LogP contribution in [-0.2, 0) is 9.59 Å². The highest BCUT2D eigenvalue weighted by atomic mass is 32.1. The van der Waals surface area contributed by atoms with Crippen molar-refractivity contribution < 1.29 is 24.2 Å². The summed E-state index contributed by atoms with van der Waals surface area (Å²) in [4.78, 5) is 33.1. The molecule has 4 aromatic carbocycles. The zero-order chi connectivity index (χ0) is 26.9. The topological polar surface area (TPSA) is 89.0 Å². The van der Waals surface area contributed by atoms with Crippen molar-refractivity contribution in [1.82, 2.24) is 4.98 Å². The summed E-state index contributed by atoms with van der Waals surface area (Å²) in [5.41, 5.74) is 1.68. The molecule has 6 rings (SSSR count). The predicted molar refractivity (Wildman–Crippen MR) is 150 cm³/mol. The van der Waals surface area contributed by atoms with Gasteiger partial charge in [0.25, 0.3) is 5.78 Å². The molecule has 7 nitrogen and oxygen atoms in total. The molecule has 1 fully saturated rings. The first-order valence-corrected chi connectivity index (χ1v) is 13.0. The lowest BCUT2D eigenvalue weighted by Crippen LogP contribution is -2.29. The van der Waals surface area contributed by atoms with Crippen LogP contribution in [-0.4, -0.2) is 28.9 Å². The third kappa shape index (κ3) is 4.51.